The van der Waals surface area contributed by atoms with E-state index in [0.29, 0.717) is 15.7 Å². The van der Waals surface area contributed by atoms with Crippen LogP contribution in [0.1, 0.15) is 25.5 Å². The van der Waals surface area contributed by atoms with E-state index in [1.807, 2.05) is 13.8 Å². The van der Waals surface area contributed by atoms with Gasteiger partial charge in [0.05, 0.1) is 22.3 Å². The van der Waals surface area contributed by atoms with Crippen LogP contribution in [0.25, 0.3) is 0 Å². The molecule has 6 heteroatoms. The molecule has 0 spiro atoms. The van der Waals surface area contributed by atoms with E-state index in [1.54, 1.807) is 30.3 Å². The van der Waals surface area contributed by atoms with E-state index >= 15 is 0 Å². The van der Waals surface area contributed by atoms with Crippen molar-refractivity contribution in [1.29, 1.82) is 0 Å². The van der Waals surface area contributed by atoms with E-state index in [0.717, 1.165) is 5.56 Å². The quantitative estimate of drug-likeness (QED) is 0.748. The molecular formula is C18H19Cl2FN2O. The first kappa shape index (κ1) is 18.7. The molecule has 2 aromatic rings. The minimum atomic E-state index is -0.283. The molecule has 24 heavy (non-hydrogen) atoms. The Hall–Kier alpha value is -1.62. The van der Waals surface area contributed by atoms with Crippen LogP contribution in [-0.4, -0.2) is 12.5 Å². The first-order chi connectivity index (χ1) is 11.4. The van der Waals surface area contributed by atoms with Gasteiger partial charge in [0.25, 0.3) is 0 Å². The van der Waals surface area contributed by atoms with Crippen LogP contribution in [-0.2, 0) is 4.79 Å². The number of benzene rings is 2. The summed E-state index contributed by atoms with van der Waals surface area (Å²) in [5.41, 5.74) is 1.40. The predicted molar refractivity (Wildman–Crippen MR) is 97.1 cm³/mol. The zero-order valence-electron chi connectivity index (χ0n) is 13.4. The van der Waals surface area contributed by atoms with Gasteiger partial charge in [0, 0.05) is 6.04 Å². The number of anilines is 1. The Morgan fingerprint density at radius 2 is 1.79 bits per heavy atom. The molecule has 0 aliphatic heterocycles. The maximum atomic E-state index is 13.1. The maximum absolute atomic E-state index is 13.1. The van der Waals surface area contributed by atoms with Gasteiger partial charge in [-0.1, -0.05) is 55.2 Å². The molecule has 0 unspecified atom stereocenters. The average molecular weight is 369 g/mol. The standard InChI is InChI=1S/C18H19Cl2FN2O/c1-11(2)18(12-6-8-13(21)9-7-12)22-10-16(24)23-15-5-3-4-14(19)17(15)20/h3-9,11,18,22H,10H2,1-2H3,(H,23,24)/t18-/m1/s1. The summed E-state index contributed by atoms with van der Waals surface area (Å²) in [6.45, 7) is 4.17. The highest BCUT2D eigenvalue weighted by atomic mass is 35.5. The second-order valence-corrected chi connectivity index (χ2v) is 6.59. The highest BCUT2D eigenvalue weighted by Crippen LogP contribution is 2.29. The van der Waals surface area contributed by atoms with E-state index in [1.165, 1.54) is 12.1 Å². The van der Waals surface area contributed by atoms with Crippen molar-refractivity contribution < 1.29 is 9.18 Å². The molecule has 2 N–H and O–H groups in total. The summed E-state index contributed by atoms with van der Waals surface area (Å²) in [5, 5.41) is 6.62. The van der Waals surface area contributed by atoms with Crippen LogP contribution in [0.4, 0.5) is 10.1 Å². The van der Waals surface area contributed by atoms with Crippen LogP contribution in [0.5, 0.6) is 0 Å². The molecule has 0 bridgehead atoms. The normalized spacial score (nSPS) is 12.2. The Morgan fingerprint density at radius 1 is 1.12 bits per heavy atom. The Kier molecular flexibility index (Phi) is 6.60. The molecule has 0 aliphatic rings. The fraction of sp³-hybridized carbons (Fsp3) is 0.278. The molecule has 0 radical (unpaired) electrons. The van der Waals surface area contributed by atoms with Crippen molar-refractivity contribution in [2.45, 2.75) is 19.9 Å². The summed E-state index contributed by atoms with van der Waals surface area (Å²) in [6.07, 6.45) is 0. The largest absolute Gasteiger partial charge is 0.324 e. The van der Waals surface area contributed by atoms with E-state index < -0.39 is 0 Å². The van der Waals surface area contributed by atoms with Gasteiger partial charge in [-0.3, -0.25) is 4.79 Å². The molecule has 1 amide bonds. The van der Waals surface area contributed by atoms with Gasteiger partial charge in [0.15, 0.2) is 0 Å². The number of carbonyl (C=O) groups is 1. The van der Waals surface area contributed by atoms with Gasteiger partial charge in [-0.05, 0) is 35.7 Å². The second kappa shape index (κ2) is 8.47. The van der Waals surface area contributed by atoms with Crippen LogP contribution in [0.15, 0.2) is 42.5 Å². The second-order valence-electron chi connectivity index (χ2n) is 5.80. The number of hydrogen-bond acceptors (Lipinski definition) is 2. The van der Waals surface area contributed by atoms with Gasteiger partial charge in [-0.25, -0.2) is 4.39 Å². The van der Waals surface area contributed by atoms with Gasteiger partial charge in [-0.15, -0.1) is 0 Å². The molecule has 0 aromatic heterocycles. The molecule has 0 aliphatic carbocycles. The van der Waals surface area contributed by atoms with Crippen molar-refractivity contribution in [1.82, 2.24) is 5.32 Å². The molecule has 2 rings (SSSR count). The Labute approximate surface area is 151 Å². The highest BCUT2D eigenvalue weighted by molar-refractivity contribution is 6.43. The summed E-state index contributed by atoms with van der Waals surface area (Å²) in [6, 6.07) is 11.3. The van der Waals surface area contributed by atoms with E-state index in [-0.39, 0.29) is 30.2 Å². The highest BCUT2D eigenvalue weighted by Gasteiger charge is 2.17. The molecular weight excluding hydrogens is 350 g/mol. The van der Waals surface area contributed by atoms with Gasteiger partial charge in [0.1, 0.15) is 5.82 Å². The van der Waals surface area contributed by atoms with Gasteiger partial charge >= 0.3 is 0 Å². The van der Waals surface area contributed by atoms with Crippen molar-refractivity contribution in [3.63, 3.8) is 0 Å². The molecule has 0 heterocycles. The van der Waals surface area contributed by atoms with Gasteiger partial charge in [0.2, 0.25) is 5.91 Å². The summed E-state index contributed by atoms with van der Waals surface area (Å²) in [5.74, 6) is -0.278. The minimum absolute atomic E-state index is 0.0637. The molecule has 3 nitrogen and oxygen atoms in total. The molecule has 128 valence electrons. The van der Waals surface area contributed by atoms with Gasteiger partial charge < -0.3 is 10.6 Å². The lowest BCUT2D eigenvalue weighted by Crippen LogP contribution is -2.33. The molecule has 1 atom stereocenters. The zero-order valence-corrected chi connectivity index (χ0v) is 15.0. The smallest absolute Gasteiger partial charge is 0.238 e. The third-order valence-electron chi connectivity index (χ3n) is 3.60. The first-order valence-corrected chi connectivity index (χ1v) is 8.36. The number of hydrogen-bond donors (Lipinski definition) is 2. The number of nitrogens with one attached hydrogen (secondary N) is 2. The summed E-state index contributed by atoms with van der Waals surface area (Å²) >= 11 is 12.0. The van der Waals surface area contributed by atoms with Crippen molar-refractivity contribution in [3.8, 4) is 0 Å². The molecule has 0 saturated carbocycles. The fourth-order valence-electron chi connectivity index (χ4n) is 2.41. The van der Waals surface area contributed by atoms with Crippen molar-refractivity contribution in [2.24, 2.45) is 5.92 Å². The van der Waals surface area contributed by atoms with Crippen LogP contribution in [0.2, 0.25) is 10.0 Å². The SMILES string of the molecule is CC(C)[C@@H](NCC(=O)Nc1cccc(Cl)c1Cl)c1ccc(F)cc1. The molecule has 2 aromatic carbocycles. The lowest BCUT2D eigenvalue weighted by molar-refractivity contribution is -0.115. The maximum Gasteiger partial charge on any atom is 0.238 e. The van der Waals surface area contributed by atoms with Crippen molar-refractivity contribution in [2.75, 3.05) is 11.9 Å². The monoisotopic (exact) mass is 368 g/mol. The van der Waals surface area contributed by atoms with E-state index in [9.17, 15) is 9.18 Å². The molecule has 0 saturated heterocycles. The lowest BCUT2D eigenvalue weighted by Gasteiger charge is -2.23. The van der Waals surface area contributed by atoms with Crippen LogP contribution in [0, 0.1) is 11.7 Å². The lowest BCUT2D eigenvalue weighted by atomic mass is 9.96. The summed E-state index contributed by atoms with van der Waals surface area (Å²) < 4.78 is 13.1. The summed E-state index contributed by atoms with van der Waals surface area (Å²) in [4.78, 5) is 12.2. The van der Waals surface area contributed by atoms with Crippen molar-refractivity contribution >= 4 is 34.8 Å². The van der Waals surface area contributed by atoms with Crippen molar-refractivity contribution in [3.05, 3.63) is 63.9 Å². The summed E-state index contributed by atoms with van der Waals surface area (Å²) in [7, 11) is 0. The van der Waals surface area contributed by atoms with E-state index in [4.69, 9.17) is 23.2 Å². The number of halogens is 3. The third kappa shape index (κ3) is 4.94. The number of amides is 1. The zero-order chi connectivity index (χ0) is 17.7. The average Bonchev–Trinajstić information content (AvgIpc) is 2.53. The van der Waals surface area contributed by atoms with Gasteiger partial charge in [-0.2, -0.15) is 0 Å². The number of carbonyl (C=O) groups excluding carboxylic acids is 1. The Morgan fingerprint density at radius 3 is 2.42 bits per heavy atom. The third-order valence-corrected chi connectivity index (χ3v) is 4.42. The Balaban J connectivity index is 2.00. The predicted octanol–water partition coefficient (Wildman–Crippen LogP) is 5.06. The first-order valence-electron chi connectivity index (χ1n) is 7.61. The fourth-order valence-corrected chi connectivity index (χ4v) is 2.75. The van der Waals surface area contributed by atoms with Crippen LogP contribution >= 0.6 is 23.2 Å². The van der Waals surface area contributed by atoms with E-state index in [2.05, 4.69) is 10.6 Å². The topological polar surface area (TPSA) is 41.1 Å². The Bertz CT molecular complexity index is 705. The molecule has 0 fully saturated rings. The number of rotatable bonds is 6. The van der Waals surface area contributed by atoms with Crippen LogP contribution < -0.4 is 10.6 Å². The minimum Gasteiger partial charge on any atom is -0.324 e. The van der Waals surface area contributed by atoms with Crippen LogP contribution in [0.3, 0.4) is 0 Å².